The van der Waals surface area contributed by atoms with Crippen molar-refractivity contribution < 1.29 is 9.53 Å². The lowest BCUT2D eigenvalue weighted by molar-refractivity contribution is -0.142. The van der Waals surface area contributed by atoms with Gasteiger partial charge in [-0.15, -0.1) is 5.10 Å². The molecule has 0 radical (unpaired) electrons. The molecule has 6 nitrogen and oxygen atoms in total. The van der Waals surface area contributed by atoms with Crippen molar-refractivity contribution in [1.82, 2.24) is 14.6 Å². The predicted molar refractivity (Wildman–Crippen MR) is 62.7 cm³/mol. The number of aromatic nitrogens is 3. The summed E-state index contributed by atoms with van der Waals surface area (Å²) in [5.74, 6) is 0.296. The summed E-state index contributed by atoms with van der Waals surface area (Å²) < 4.78 is 6.49. The SMILES string of the molecule is CCOC(=O)CCNc1nc2ccccn2n1. The molecule has 0 amide bonds. The van der Waals surface area contributed by atoms with Crippen LogP contribution in [0.2, 0.25) is 0 Å². The number of pyridine rings is 1. The van der Waals surface area contributed by atoms with Crippen LogP contribution in [0.3, 0.4) is 0 Å². The van der Waals surface area contributed by atoms with Gasteiger partial charge in [-0.25, -0.2) is 4.52 Å². The molecule has 2 aromatic heterocycles. The summed E-state index contributed by atoms with van der Waals surface area (Å²) in [4.78, 5) is 15.3. The molecule has 90 valence electrons. The lowest BCUT2D eigenvalue weighted by Gasteiger charge is -2.01. The standard InChI is InChI=1S/C11H14N4O2/c1-2-17-10(16)6-7-12-11-13-9-5-3-4-8-15(9)14-11/h3-5,8H,2,6-7H2,1H3,(H,12,14). The highest BCUT2D eigenvalue weighted by Crippen LogP contribution is 2.04. The maximum atomic E-state index is 11.1. The van der Waals surface area contributed by atoms with E-state index in [2.05, 4.69) is 15.4 Å². The Morgan fingerprint density at radius 2 is 2.41 bits per heavy atom. The average molecular weight is 234 g/mol. The highest BCUT2D eigenvalue weighted by molar-refractivity contribution is 5.69. The smallest absolute Gasteiger partial charge is 0.307 e. The largest absolute Gasteiger partial charge is 0.466 e. The summed E-state index contributed by atoms with van der Waals surface area (Å²) in [6.45, 7) is 2.66. The molecule has 1 N–H and O–H groups in total. The van der Waals surface area contributed by atoms with Gasteiger partial charge in [0.15, 0.2) is 5.65 Å². The van der Waals surface area contributed by atoms with Crippen molar-refractivity contribution in [3.8, 4) is 0 Å². The minimum absolute atomic E-state index is 0.219. The lowest BCUT2D eigenvalue weighted by atomic mass is 10.4. The third-order valence-electron chi connectivity index (χ3n) is 2.16. The van der Waals surface area contributed by atoms with E-state index in [-0.39, 0.29) is 5.97 Å². The number of hydrogen-bond acceptors (Lipinski definition) is 5. The summed E-state index contributed by atoms with van der Waals surface area (Å²) >= 11 is 0. The number of nitrogens with one attached hydrogen (secondary N) is 1. The molecule has 2 heterocycles. The van der Waals surface area contributed by atoms with E-state index in [1.807, 2.05) is 24.4 Å². The number of hydrogen-bond donors (Lipinski definition) is 1. The van der Waals surface area contributed by atoms with Gasteiger partial charge in [0.25, 0.3) is 0 Å². The molecule has 2 rings (SSSR count). The van der Waals surface area contributed by atoms with Gasteiger partial charge in [-0.1, -0.05) is 6.07 Å². The van der Waals surface area contributed by atoms with Gasteiger partial charge in [0, 0.05) is 12.7 Å². The summed E-state index contributed by atoms with van der Waals surface area (Å²) in [5.41, 5.74) is 0.770. The lowest BCUT2D eigenvalue weighted by Crippen LogP contribution is -2.11. The molecule has 0 aliphatic heterocycles. The molecule has 6 heteroatoms. The van der Waals surface area contributed by atoms with Crippen molar-refractivity contribution in [3.63, 3.8) is 0 Å². The third kappa shape index (κ3) is 2.93. The molecule has 2 aromatic rings. The second kappa shape index (κ2) is 5.29. The maximum Gasteiger partial charge on any atom is 0.307 e. The van der Waals surface area contributed by atoms with Gasteiger partial charge >= 0.3 is 5.97 Å². The Morgan fingerprint density at radius 3 is 3.18 bits per heavy atom. The van der Waals surface area contributed by atoms with Gasteiger partial charge in [-0.05, 0) is 19.1 Å². The van der Waals surface area contributed by atoms with Crippen molar-refractivity contribution in [3.05, 3.63) is 24.4 Å². The van der Waals surface area contributed by atoms with Crippen LogP contribution in [0.25, 0.3) is 5.65 Å². The third-order valence-corrected chi connectivity index (χ3v) is 2.16. The molecule has 0 saturated heterocycles. The molecule has 0 aliphatic rings. The second-order valence-corrected chi connectivity index (χ2v) is 3.42. The van der Waals surface area contributed by atoms with Crippen LogP contribution in [-0.2, 0) is 9.53 Å². The summed E-state index contributed by atoms with van der Waals surface area (Å²) in [5, 5.41) is 7.18. The maximum absolute atomic E-state index is 11.1. The number of nitrogens with zero attached hydrogens (tertiary/aromatic N) is 3. The van der Waals surface area contributed by atoms with E-state index >= 15 is 0 Å². The molecule has 0 aromatic carbocycles. The minimum atomic E-state index is -0.219. The summed E-state index contributed by atoms with van der Waals surface area (Å²) in [7, 11) is 0. The summed E-state index contributed by atoms with van der Waals surface area (Å²) in [6.07, 6.45) is 2.13. The fraction of sp³-hybridized carbons (Fsp3) is 0.364. The van der Waals surface area contributed by atoms with Crippen LogP contribution in [0.4, 0.5) is 5.95 Å². The second-order valence-electron chi connectivity index (χ2n) is 3.42. The van der Waals surface area contributed by atoms with Crippen LogP contribution < -0.4 is 5.32 Å². The number of esters is 1. The van der Waals surface area contributed by atoms with E-state index in [4.69, 9.17) is 4.74 Å². The van der Waals surface area contributed by atoms with Crippen LogP contribution in [0.15, 0.2) is 24.4 Å². The van der Waals surface area contributed by atoms with Crippen molar-refractivity contribution in [2.24, 2.45) is 0 Å². The number of ether oxygens (including phenoxy) is 1. The zero-order valence-corrected chi connectivity index (χ0v) is 9.59. The average Bonchev–Trinajstić information content (AvgIpc) is 2.71. The molecule has 0 unspecified atom stereocenters. The van der Waals surface area contributed by atoms with Crippen LogP contribution in [0.1, 0.15) is 13.3 Å². The van der Waals surface area contributed by atoms with Crippen molar-refractivity contribution in [2.45, 2.75) is 13.3 Å². The Labute approximate surface area is 98.6 Å². The zero-order chi connectivity index (χ0) is 12.1. The van der Waals surface area contributed by atoms with Crippen LogP contribution >= 0.6 is 0 Å². The monoisotopic (exact) mass is 234 g/mol. The van der Waals surface area contributed by atoms with Crippen molar-refractivity contribution in [1.29, 1.82) is 0 Å². The Kier molecular flexibility index (Phi) is 3.54. The van der Waals surface area contributed by atoms with Gasteiger partial charge < -0.3 is 10.1 Å². The molecule has 0 saturated carbocycles. The quantitative estimate of drug-likeness (QED) is 0.784. The van der Waals surface area contributed by atoms with Crippen LogP contribution in [-0.4, -0.2) is 33.7 Å². The van der Waals surface area contributed by atoms with Gasteiger partial charge in [0.2, 0.25) is 5.95 Å². The van der Waals surface area contributed by atoms with Gasteiger partial charge in [-0.2, -0.15) is 4.98 Å². The van der Waals surface area contributed by atoms with Crippen LogP contribution in [0.5, 0.6) is 0 Å². The fourth-order valence-electron chi connectivity index (χ4n) is 1.42. The highest BCUT2D eigenvalue weighted by atomic mass is 16.5. The topological polar surface area (TPSA) is 68.5 Å². The first-order chi connectivity index (χ1) is 8.29. The molecule has 17 heavy (non-hydrogen) atoms. The number of anilines is 1. The number of carbonyl (C=O) groups is 1. The van der Waals surface area contributed by atoms with Crippen LogP contribution in [0, 0.1) is 0 Å². The zero-order valence-electron chi connectivity index (χ0n) is 9.59. The molecule has 0 atom stereocenters. The van der Waals surface area contributed by atoms with Gasteiger partial charge in [0.05, 0.1) is 13.0 Å². The highest BCUT2D eigenvalue weighted by Gasteiger charge is 2.04. The number of rotatable bonds is 5. The van der Waals surface area contributed by atoms with E-state index in [9.17, 15) is 4.79 Å². The minimum Gasteiger partial charge on any atom is -0.466 e. The molecule has 0 aliphatic carbocycles. The van der Waals surface area contributed by atoms with Gasteiger partial charge in [0.1, 0.15) is 0 Å². The molecular weight excluding hydrogens is 220 g/mol. The van der Waals surface area contributed by atoms with E-state index in [0.29, 0.717) is 25.5 Å². The first-order valence-electron chi connectivity index (χ1n) is 5.50. The first-order valence-corrected chi connectivity index (χ1v) is 5.50. The molecule has 0 fully saturated rings. The Bertz CT molecular complexity index is 476. The Morgan fingerprint density at radius 1 is 1.53 bits per heavy atom. The molecular formula is C11H14N4O2. The first kappa shape index (κ1) is 11.4. The van der Waals surface area contributed by atoms with E-state index in [1.165, 1.54) is 0 Å². The molecule has 0 bridgehead atoms. The Balaban J connectivity index is 1.89. The molecule has 0 spiro atoms. The summed E-state index contributed by atoms with van der Waals surface area (Å²) in [6, 6.07) is 5.64. The van der Waals surface area contributed by atoms with E-state index < -0.39 is 0 Å². The van der Waals surface area contributed by atoms with Crippen molar-refractivity contribution in [2.75, 3.05) is 18.5 Å². The van der Waals surface area contributed by atoms with E-state index in [0.717, 1.165) is 5.65 Å². The number of carbonyl (C=O) groups excluding carboxylic acids is 1. The fourth-order valence-corrected chi connectivity index (χ4v) is 1.42. The van der Waals surface area contributed by atoms with Gasteiger partial charge in [-0.3, -0.25) is 4.79 Å². The number of fused-ring (bicyclic) bond motifs is 1. The predicted octanol–water partition coefficient (Wildman–Crippen LogP) is 1.09. The van der Waals surface area contributed by atoms with E-state index in [1.54, 1.807) is 11.4 Å². The Hall–Kier alpha value is -2.11. The normalized spacial score (nSPS) is 10.4. The van der Waals surface area contributed by atoms with Crippen molar-refractivity contribution >= 4 is 17.6 Å².